The molecule has 116 valence electrons. The molecule has 2 rings (SSSR count). The zero-order chi connectivity index (χ0) is 15.7. The third-order valence-corrected chi connectivity index (χ3v) is 4.44. The molecule has 1 unspecified atom stereocenters. The maximum absolute atomic E-state index is 6.05. The van der Waals surface area contributed by atoms with Crippen molar-refractivity contribution in [3.63, 3.8) is 0 Å². The van der Waals surface area contributed by atoms with Crippen molar-refractivity contribution in [2.24, 2.45) is 0 Å². The fourth-order valence-corrected chi connectivity index (χ4v) is 2.38. The zero-order valence-electron chi connectivity index (χ0n) is 14.1. The Morgan fingerprint density at radius 2 is 1.57 bits per heavy atom. The van der Waals surface area contributed by atoms with Gasteiger partial charge in [-0.2, -0.15) is 0 Å². The van der Waals surface area contributed by atoms with E-state index in [1.807, 2.05) is 24.3 Å². The van der Waals surface area contributed by atoms with Crippen LogP contribution in [0.1, 0.15) is 54.4 Å². The Bertz CT molecular complexity index is 451. The van der Waals surface area contributed by atoms with Crippen LogP contribution in [-0.4, -0.2) is 24.4 Å². The second-order valence-electron chi connectivity index (χ2n) is 6.87. The number of rotatable bonds is 5. The van der Waals surface area contributed by atoms with E-state index < -0.39 is 0 Å². The highest BCUT2D eigenvalue weighted by Crippen LogP contribution is 2.36. The molecule has 4 heteroatoms. The lowest BCUT2D eigenvalue weighted by Gasteiger charge is -2.32. The summed E-state index contributed by atoms with van der Waals surface area (Å²) >= 11 is 0. The maximum Gasteiger partial charge on any atom is 0.494 e. The van der Waals surface area contributed by atoms with Gasteiger partial charge in [0.15, 0.2) is 0 Å². The van der Waals surface area contributed by atoms with Gasteiger partial charge in [0.05, 0.1) is 17.3 Å². The summed E-state index contributed by atoms with van der Waals surface area (Å²) in [6, 6.07) is 8.03. The Kier molecular flexibility index (Phi) is 4.69. The molecule has 3 nitrogen and oxygen atoms in total. The second-order valence-corrected chi connectivity index (χ2v) is 6.87. The molecule has 1 saturated heterocycles. The van der Waals surface area contributed by atoms with Gasteiger partial charge in [0, 0.05) is 0 Å². The Morgan fingerprint density at radius 3 is 2.05 bits per heavy atom. The molecule has 0 aliphatic carbocycles. The first-order valence-corrected chi connectivity index (χ1v) is 7.87. The highest BCUT2D eigenvalue weighted by molar-refractivity contribution is 6.62. The average Bonchev–Trinajstić information content (AvgIpc) is 2.59. The minimum Gasteiger partial charge on any atom is -0.491 e. The fourth-order valence-electron chi connectivity index (χ4n) is 2.38. The smallest absolute Gasteiger partial charge is 0.491 e. The van der Waals surface area contributed by atoms with Crippen LogP contribution >= 0.6 is 0 Å². The lowest BCUT2D eigenvalue weighted by atomic mass is 9.79. The van der Waals surface area contributed by atoms with Gasteiger partial charge < -0.3 is 14.0 Å². The Balaban J connectivity index is 2.03. The van der Waals surface area contributed by atoms with Crippen LogP contribution < -0.4 is 10.2 Å². The van der Waals surface area contributed by atoms with Gasteiger partial charge in [0.1, 0.15) is 5.75 Å². The third kappa shape index (κ3) is 3.61. The van der Waals surface area contributed by atoms with E-state index in [1.165, 1.54) is 0 Å². The lowest BCUT2D eigenvalue weighted by molar-refractivity contribution is 0.00578. The van der Waals surface area contributed by atoms with E-state index in [-0.39, 0.29) is 24.4 Å². The summed E-state index contributed by atoms with van der Waals surface area (Å²) in [6.07, 6.45) is 2.45. The zero-order valence-corrected chi connectivity index (χ0v) is 14.1. The fraction of sp³-hybridized carbons (Fsp3) is 0.647. The molecule has 0 saturated carbocycles. The molecule has 1 atom stereocenters. The van der Waals surface area contributed by atoms with Gasteiger partial charge in [0.25, 0.3) is 0 Å². The molecule has 1 aliphatic rings. The number of ether oxygens (including phenoxy) is 1. The van der Waals surface area contributed by atoms with E-state index in [0.29, 0.717) is 0 Å². The SMILES string of the molecule is CCCC(C)Oc1ccc(B2OC(C)(C)C(C)(C)O2)cc1. The highest BCUT2D eigenvalue weighted by Gasteiger charge is 2.51. The van der Waals surface area contributed by atoms with E-state index in [1.54, 1.807) is 0 Å². The van der Waals surface area contributed by atoms with Gasteiger partial charge in [-0.25, -0.2) is 0 Å². The van der Waals surface area contributed by atoms with Gasteiger partial charge in [0.2, 0.25) is 0 Å². The van der Waals surface area contributed by atoms with Crippen molar-refractivity contribution in [2.45, 2.75) is 71.7 Å². The summed E-state index contributed by atoms with van der Waals surface area (Å²) in [7, 11) is -0.308. The molecule has 0 N–H and O–H groups in total. The third-order valence-electron chi connectivity index (χ3n) is 4.44. The molecule has 0 amide bonds. The predicted octanol–water partition coefficient (Wildman–Crippen LogP) is 3.55. The average molecular weight is 290 g/mol. The van der Waals surface area contributed by atoms with Crippen molar-refractivity contribution in [1.82, 2.24) is 0 Å². The second kappa shape index (κ2) is 6.01. The van der Waals surface area contributed by atoms with Gasteiger partial charge in [-0.1, -0.05) is 25.5 Å². The molecule has 0 radical (unpaired) electrons. The minimum atomic E-state index is -0.308. The summed E-state index contributed by atoms with van der Waals surface area (Å²) in [6.45, 7) is 12.5. The predicted molar refractivity (Wildman–Crippen MR) is 87.2 cm³/mol. The summed E-state index contributed by atoms with van der Waals surface area (Å²) in [5.74, 6) is 0.899. The summed E-state index contributed by atoms with van der Waals surface area (Å²) in [4.78, 5) is 0. The topological polar surface area (TPSA) is 27.7 Å². The number of benzene rings is 1. The van der Waals surface area contributed by atoms with Crippen LogP contribution in [0.15, 0.2) is 24.3 Å². The number of hydrogen-bond acceptors (Lipinski definition) is 3. The summed E-state index contributed by atoms with van der Waals surface area (Å²) < 4.78 is 18.0. The minimum absolute atomic E-state index is 0.248. The normalized spacial score (nSPS) is 21.3. The molecule has 1 aromatic carbocycles. The molecular formula is C17H27BO3. The molecule has 0 bridgehead atoms. The van der Waals surface area contributed by atoms with Crippen molar-refractivity contribution in [2.75, 3.05) is 0 Å². The first kappa shape index (κ1) is 16.4. The van der Waals surface area contributed by atoms with E-state index in [0.717, 1.165) is 24.1 Å². The quantitative estimate of drug-likeness (QED) is 0.776. The Morgan fingerprint density at radius 1 is 1.05 bits per heavy atom. The summed E-state index contributed by atoms with van der Waals surface area (Å²) in [5.41, 5.74) is 0.425. The molecule has 1 aliphatic heterocycles. The van der Waals surface area contributed by atoms with Crippen molar-refractivity contribution in [3.8, 4) is 5.75 Å². The molecule has 1 aromatic rings. The molecule has 1 fully saturated rings. The van der Waals surface area contributed by atoms with Crippen LogP contribution in [0.25, 0.3) is 0 Å². The van der Waals surface area contributed by atoms with Crippen LogP contribution in [0.3, 0.4) is 0 Å². The van der Waals surface area contributed by atoms with Gasteiger partial charge >= 0.3 is 7.12 Å². The van der Waals surface area contributed by atoms with Crippen molar-refractivity contribution >= 4 is 12.6 Å². The van der Waals surface area contributed by atoms with Crippen LogP contribution in [0.2, 0.25) is 0 Å². The standard InChI is InChI=1S/C17H27BO3/c1-7-8-13(2)19-15-11-9-14(10-12-15)18-20-16(3,4)17(5,6)21-18/h9-13H,7-8H2,1-6H3. The van der Waals surface area contributed by atoms with Crippen molar-refractivity contribution < 1.29 is 14.0 Å². The monoisotopic (exact) mass is 290 g/mol. The van der Waals surface area contributed by atoms with Crippen molar-refractivity contribution in [1.29, 1.82) is 0 Å². The molecular weight excluding hydrogens is 263 g/mol. The van der Waals surface area contributed by atoms with Crippen LogP contribution in [0.5, 0.6) is 5.75 Å². The summed E-state index contributed by atoms with van der Waals surface area (Å²) in [5, 5.41) is 0. The van der Waals surface area contributed by atoms with Crippen LogP contribution in [0.4, 0.5) is 0 Å². The van der Waals surface area contributed by atoms with Gasteiger partial charge in [-0.15, -0.1) is 0 Å². The first-order chi connectivity index (χ1) is 9.75. The van der Waals surface area contributed by atoms with Crippen LogP contribution in [-0.2, 0) is 9.31 Å². The van der Waals surface area contributed by atoms with E-state index in [9.17, 15) is 0 Å². The van der Waals surface area contributed by atoms with E-state index in [2.05, 4.69) is 41.5 Å². The molecule has 0 aromatic heterocycles. The van der Waals surface area contributed by atoms with E-state index >= 15 is 0 Å². The molecule has 0 spiro atoms. The maximum atomic E-state index is 6.05. The Hall–Kier alpha value is -0.995. The van der Waals surface area contributed by atoms with Gasteiger partial charge in [-0.05, 0) is 58.6 Å². The molecule has 1 heterocycles. The molecule has 21 heavy (non-hydrogen) atoms. The highest BCUT2D eigenvalue weighted by atomic mass is 16.7. The first-order valence-electron chi connectivity index (χ1n) is 7.87. The lowest BCUT2D eigenvalue weighted by Crippen LogP contribution is -2.41. The number of hydrogen-bond donors (Lipinski definition) is 0. The largest absolute Gasteiger partial charge is 0.494 e. The van der Waals surface area contributed by atoms with Crippen LogP contribution in [0, 0.1) is 0 Å². The van der Waals surface area contributed by atoms with Crippen molar-refractivity contribution in [3.05, 3.63) is 24.3 Å². The van der Waals surface area contributed by atoms with Gasteiger partial charge in [-0.3, -0.25) is 0 Å². The van der Waals surface area contributed by atoms with E-state index in [4.69, 9.17) is 14.0 Å². The Labute approximate surface area is 129 Å².